The van der Waals surface area contributed by atoms with E-state index in [2.05, 4.69) is 5.32 Å². The number of carbonyl (C=O) groups is 2. The van der Waals surface area contributed by atoms with Crippen LogP contribution in [0, 0.1) is 0 Å². The molecular weight excluding hydrogens is 332 g/mol. The zero-order valence-corrected chi connectivity index (χ0v) is 16.0. The van der Waals surface area contributed by atoms with Crippen LogP contribution in [0.5, 0.6) is 5.75 Å². The van der Waals surface area contributed by atoms with Gasteiger partial charge in [-0.1, -0.05) is 19.1 Å². The third-order valence-corrected chi connectivity index (χ3v) is 4.67. The van der Waals surface area contributed by atoms with Gasteiger partial charge >= 0.3 is 0 Å². The summed E-state index contributed by atoms with van der Waals surface area (Å²) >= 11 is 0. The Bertz CT molecular complexity index is 582. The van der Waals surface area contributed by atoms with Crippen LogP contribution in [0.15, 0.2) is 24.3 Å². The van der Waals surface area contributed by atoms with E-state index in [0.29, 0.717) is 19.5 Å². The van der Waals surface area contributed by atoms with Gasteiger partial charge in [0.15, 0.2) is 0 Å². The van der Waals surface area contributed by atoms with Crippen molar-refractivity contribution in [2.45, 2.75) is 58.2 Å². The number of rotatable bonds is 9. The average molecular weight is 362 g/mol. The molecule has 1 aliphatic heterocycles. The molecular formula is C20H30N2O4. The standard InChI is InChI=1S/C20H30N2O4/c1-4-6-19(23)22(14-16-8-10-17(25-3)11-9-16)15(2)20(24)21-13-18-7-5-12-26-18/h8-11,15,18H,4-7,12-14H2,1-3H3,(H,21,24)/t15-,18-/m0/s1. The van der Waals surface area contributed by atoms with Crippen LogP contribution in [-0.4, -0.2) is 49.1 Å². The molecule has 1 fully saturated rings. The van der Waals surface area contributed by atoms with Gasteiger partial charge in [0.05, 0.1) is 13.2 Å². The lowest BCUT2D eigenvalue weighted by Gasteiger charge is -2.29. The summed E-state index contributed by atoms with van der Waals surface area (Å²) in [6, 6.07) is 7.03. The molecule has 2 amide bonds. The number of carbonyl (C=O) groups excluding carboxylic acids is 2. The van der Waals surface area contributed by atoms with Gasteiger partial charge in [-0.2, -0.15) is 0 Å². The maximum absolute atomic E-state index is 12.6. The second-order valence-corrected chi connectivity index (χ2v) is 6.68. The predicted octanol–water partition coefficient (Wildman–Crippen LogP) is 2.51. The predicted molar refractivity (Wildman–Crippen MR) is 99.9 cm³/mol. The lowest BCUT2D eigenvalue weighted by atomic mass is 10.1. The molecule has 0 saturated carbocycles. The van der Waals surface area contributed by atoms with Crippen LogP contribution in [0.25, 0.3) is 0 Å². The molecule has 144 valence electrons. The van der Waals surface area contributed by atoms with Gasteiger partial charge in [-0.15, -0.1) is 0 Å². The Labute approximate surface area is 155 Å². The lowest BCUT2D eigenvalue weighted by Crippen LogP contribution is -2.48. The Balaban J connectivity index is 2.01. The van der Waals surface area contributed by atoms with E-state index in [9.17, 15) is 9.59 Å². The van der Waals surface area contributed by atoms with Crippen LogP contribution in [0.3, 0.4) is 0 Å². The van der Waals surface area contributed by atoms with Crippen molar-refractivity contribution in [2.75, 3.05) is 20.3 Å². The number of hydrogen-bond donors (Lipinski definition) is 1. The molecule has 26 heavy (non-hydrogen) atoms. The van der Waals surface area contributed by atoms with Gasteiger partial charge in [0.1, 0.15) is 11.8 Å². The maximum atomic E-state index is 12.6. The molecule has 6 nitrogen and oxygen atoms in total. The molecule has 2 atom stereocenters. The van der Waals surface area contributed by atoms with Gasteiger partial charge in [-0.3, -0.25) is 9.59 Å². The SMILES string of the molecule is CCCC(=O)N(Cc1ccc(OC)cc1)[C@@H](C)C(=O)NC[C@@H]1CCCO1. The molecule has 0 radical (unpaired) electrons. The molecule has 1 heterocycles. The molecule has 1 aliphatic rings. The van der Waals surface area contributed by atoms with Gasteiger partial charge in [0, 0.05) is 26.1 Å². The first kappa shape index (κ1) is 20.2. The van der Waals surface area contributed by atoms with Gasteiger partial charge in [-0.05, 0) is 43.9 Å². The smallest absolute Gasteiger partial charge is 0.242 e. The zero-order valence-electron chi connectivity index (χ0n) is 16.0. The molecule has 1 N–H and O–H groups in total. The van der Waals surface area contributed by atoms with Crippen molar-refractivity contribution >= 4 is 11.8 Å². The highest BCUT2D eigenvalue weighted by molar-refractivity contribution is 5.87. The van der Waals surface area contributed by atoms with Crippen molar-refractivity contribution in [3.63, 3.8) is 0 Å². The number of nitrogens with zero attached hydrogens (tertiary/aromatic N) is 1. The van der Waals surface area contributed by atoms with Crippen molar-refractivity contribution in [3.05, 3.63) is 29.8 Å². The first-order chi connectivity index (χ1) is 12.5. The fourth-order valence-corrected chi connectivity index (χ4v) is 3.04. The van der Waals surface area contributed by atoms with E-state index in [1.54, 1.807) is 18.9 Å². The molecule has 0 aliphatic carbocycles. The van der Waals surface area contributed by atoms with E-state index in [1.165, 1.54) is 0 Å². The minimum Gasteiger partial charge on any atom is -0.497 e. The monoisotopic (exact) mass is 362 g/mol. The summed E-state index contributed by atoms with van der Waals surface area (Å²) in [6.45, 7) is 5.40. The second kappa shape index (κ2) is 10.2. The Morgan fingerprint density at radius 3 is 2.65 bits per heavy atom. The molecule has 2 rings (SSSR count). The van der Waals surface area contributed by atoms with E-state index in [-0.39, 0.29) is 17.9 Å². The first-order valence-electron chi connectivity index (χ1n) is 9.36. The summed E-state index contributed by atoms with van der Waals surface area (Å²) in [6.07, 6.45) is 3.28. The van der Waals surface area contributed by atoms with Gasteiger partial charge < -0.3 is 19.7 Å². The van der Waals surface area contributed by atoms with E-state index >= 15 is 0 Å². The fraction of sp³-hybridized carbons (Fsp3) is 0.600. The Hall–Kier alpha value is -2.08. The van der Waals surface area contributed by atoms with E-state index in [4.69, 9.17) is 9.47 Å². The van der Waals surface area contributed by atoms with Gasteiger partial charge in [-0.25, -0.2) is 0 Å². The van der Waals surface area contributed by atoms with Crippen molar-refractivity contribution < 1.29 is 19.1 Å². The molecule has 0 aromatic heterocycles. The maximum Gasteiger partial charge on any atom is 0.242 e. The summed E-state index contributed by atoms with van der Waals surface area (Å²) in [4.78, 5) is 26.8. The van der Waals surface area contributed by atoms with Crippen LogP contribution < -0.4 is 10.1 Å². The molecule has 1 saturated heterocycles. The quantitative estimate of drug-likeness (QED) is 0.733. The summed E-state index contributed by atoms with van der Waals surface area (Å²) < 4.78 is 10.7. The largest absolute Gasteiger partial charge is 0.497 e. The zero-order chi connectivity index (χ0) is 18.9. The number of ether oxygens (including phenoxy) is 2. The van der Waals surface area contributed by atoms with Crippen LogP contribution in [-0.2, 0) is 20.9 Å². The Morgan fingerprint density at radius 1 is 1.35 bits per heavy atom. The van der Waals surface area contributed by atoms with Crippen LogP contribution in [0.1, 0.15) is 45.1 Å². The number of hydrogen-bond acceptors (Lipinski definition) is 4. The molecule has 0 bridgehead atoms. The Morgan fingerprint density at radius 2 is 2.08 bits per heavy atom. The van der Waals surface area contributed by atoms with E-state index in [1.807, 2.05) is 31.2 Å². The van der Waals surface area contributed by atoms with Crippen LogP contribution >= 0.6 is 0 Å². The minimum atomic E-state index is -0.530. The molecule has 0 unspecified atom stereocenters. The minimum absolute atomic E-state index is 0.0110. The number of nitrogens with one attached hydrogen (secondary N) is 1. The topological polar surface area (TPSA) is 67.9 Å². The van der Waals surface area contributed by atoms with Gasteiger partial charge in [0.2, 0.25) is 11.8 Å². The fourth-order valence-electron chi connectivity index (χ4n) is 3.04. The highest BCUT2D eigenvalue weighted by Gasteiger charge is 2.26. The molecule has 6 heteroatoms. The van der Waals surface area contributed by atoms with Crippen molar-refractivity contribution in [1.82, 2.24) is 10.2 Å². The third-order valence-electron chi connectivity index (χ3n) is 4.67. The third kappa shape index (κ3) is 5.73. The van der Waals surface area contributed by atoms with E-state index in [0.717, 1.165) is 37.2 Å². The molecule has 1 aromatic carbocycles. The van der Waals surface area contributed by atoms with Crippen LogP contribution in [0.4, 0.5) is 0 Å². The number of benzene rings is 1. The number of amides is 2. The highest BCUT2D eigenvalue weighted by atomic mass is 16.5. The summed E-state index contributed by atoms with van der Waals surface area (Å²) in [7, 11) is 1.62. The summed E-state index contributed by atoms with van der Waals surface area (Å²) in [5.74, 6) is 0.615. The normalized spacial score (nSPS) is 17.6. The van der Waals surface area contributed by atoms with Crippen molar-refractivity contribution in [1.29, 1.82) is 0 Å². The van der Waals surface area contributed by atoms with E-state index < -0.39 is 6.04 Å². The Kier molecular flexibility index (Phi) is 7.91. The molecule has 0 spiro atoms. The van der Waals surface area contributed by atoms with Gasteiger partial charge in [0.25, 0.3) is 0 Å². The highest BCUT2D eigenvalue weighted by Crippen LogP contribution is 2.16. The average Bonchev–Trinajstić information content (AvgIpc) is 3.18. The van der Waals surface area contributed by atoms with Crippen molar-refractivity contribution in [2.24, 2.45) is 0 Å². The second-order valence-electron chi connectivity index (χ2n) is 6.68. The lowest BCUT2D eigenvalue weighted by molar-refractivity contribution is -0.140. The summed E-state index contributed by atoms with van der Waals surface area (Å²) in [5, 5.41) is 2.93. The first-order valence-corrected chi connectivity index (χ1v) is 9.36. The molecule has 1 aromatic rings. The summed E-state index contributed by atoms with van der Waals surface area (Å²) in [5.41, 5.74) is 0.967. The van der Waals surface area contributed by atoms with Crippen LogP contribution in [0.2, 0.25) is 0 Å². The number of methoxy groups -OCH3 is 1. The van der Waals surface area contributed by atoms with Crippen molar-refractivity contribution in [3.8, 4) is 5.75 Å².